The molecule has 0 amide bonds. The maximum absolute atomic E-state index is 12.2. The van der Waals surface area contributed by atoms with Crippen molar-refractivity contribution < 1.29 is 4.79 Å². The van der Waals surface area contributed by atoms with E-state index in [2.05, 4.69) is 34.9 Å². The van der Waals surface area contributed by atoms with Crippen LogP contribution in [0.3, 0.4) is 0 Å². The standard InChI is InChI=1S/C20H23N3OS/c21-12-18(24)14-10-17(23-15-5-7-22-8-6-15)16-9-13-3-1-2-4-19(13)25-20(16)11-14/h1-4,10-11,15,22-23H,5-9,12,21H2. The van der Waals surface area contributed by atoms with Crippen molar-refractivity contribution in [2.45, 2.75) is 35.1 Å². The fourth-order valence-electron chi connectivity index (χ4n) is 3.57. The molecule has 4 rings (SSSR count). The largest absolute Gasteiger partial charge is 0.382 e. The maximum atomic E-state index is 12.2. The Morgan fingerprint density at radius 2 is 2.00 bits per heavy atom. The summed E-state index contributed by atoms with van der Waals surface area (Å²) in [7, 11) is 0. The first-order valence-electron chi connectivity index (χ1n) is 8.88. The molecule has 0 atom stereocenters. The van der Waals surface area contributed by atoms with Crippen LogP contribution in [-0.4, -0.2) is 31.5 Å². The van der Waals surface area contributed by atoms with E-state index < -0.39 is 0 Å². The van der Waals surface area contributed by atoms with Crippen molar-refractivity contribution in [1.82, 2.24) is 5.32 Å². The molecule has 1 fully saturated rings. The molecule has 5 heteroatoms. The van der Waals surface area contributed by atoms with Crippen molar-refractivity contribution >= 4 is 23.2 Å². The zero-order valence-corrected chi connectivity index (χ0v) is 15.0. The second-order valence-corrected chi connectivity index (χ2v) is 7.77. The number of Topliss-reactive ketones (excluding diaryl/α,β-unsaturated/α-hetero) is 1. The molecule has 2 aromatic carbocycles. The molecule has 25 heavy (non-hydrogen) atoms. The number of ketones is 1. The van der Waals surface area contributed by atoms with Crippen LogP contribution in [0.5, 0.6) is 0 Å². The van der Waals surface area contributed by atoms with Crippen molar-refractivity contribution in [2.24, 2.45) is 5.73 Å². The van der Waals surface area contributed by atoms with Crippen LogP contribution in [0.15, 0.2) is 46.2 Å². The first kappa shape index (κ1) is 16.6. The fourth-order valence-corrected chi connectivity index (χ4v) is 4.72. The Morgan fingerprint density at radius 1 is 1.20 bits per heavy atom. The summed E-state index contributed by atoms with van der Waals surface area (Å²) in [5, 5.41) is 7.11. The molecule has 2 aliphatic rings. The smallest absolute Gasteiger partial charge is 0.176 e. The summed E-state index contributed by atoms with van der Waals surface area (Å²) in [6, 6.07) is 13.0. The molecule has 0 bridgehead atoms. The zero-order chi connectivity index (χ0) is 17.2. The molecule has 0 aromatic heterocycles. The first-order valence-corrected chi connectivity index (χ1v) is 9.69. The van der Waals surface area contributed by atoms with E-state index in [1.54, 1.807) is 11.8 Å². The van der Waals surface area contributed by atoms with Gasteiger partial charge in [0, 0.05) is 33.5 Å². The minimum absolute atomic E-state index is 0.00406. The fraction of sp³-hybridized carbons (Fsp3) is 0.350. The van der Waals surface area contributed by atoms with Crippen LogP contribution in [0.25, 0.3) is 0 Å². The number of nitrogens with two attached hydrogens (primary N) is 1. The van der Waals surface area contributed by atoms with Crippen molar-refractivity contribution in [3.63, 3.8) is 0 Å². The predicted molar refractivity (Wildman–Crippen MR) is 103 cm³/mol. The molecular formula is C20H23N3OS. The second-order valence-electron chi connectivity index (χ2n) is 6.68. The van der Waals surface area contributed by atoms with Crippen molar-refractivity contribution in [3.05, 3.63) is 53.1 Å². The third kappa shape index (κ3) is 3.45. The molecular weight excluding hydrogens is 330 g/mol. The van der Waals surface area contributed by atoms with Gasteiger partial charge in [-0.15, -0.1) is 0 Å². The highest BCUT2D eigenvalue weighted by molar-refractivity contribution is 7.99. The quantitative estimate of drug-likeness (QED) is 0.629. The van der Waals surface area contributed by atoms with Gasteiger partial charge in [0.15, 0.2) is 5.78 Å². The number of nitrogens with one attached hydrogen (secondary N) is 2. The van der Waals surface area contributed by atoms with Crippen LogP contribution in [0.2, 0.25) is 0 Å². The van der Waals surface area contributed by atoms with Crippen molar-refractivity contribution in [2.75, 3.05) is 25.0 Å². The van der Waals surface area contributed by atoms with Gasteiger partial charge in [0.1, 0.15) is 0 Å². The third-order valence-electron chi connectivity index (χ3n) is 4.97. The summed E-state index contributed by atoms with van der Waals surface area (Å²) in [6.07, 6.45) is 3.12. The highest BCUT2D eigenvalue weighted by Crippen LogP contribution is 2.43. The normalized spacial score (nSPS) is 16.8. The van der Waals surface area contributed by atoms with E-state index in [0.717, 1.165) is 38.0 Å². The lowest BCUT2D eigenvalue weighted by Crippen LogP contribution is -2.35. The molecule has 0 unspecified atom stereocenters. The summed E-state index contributed by atoms with van der Waals surface area (Å²) >= 11 is 1.76. The molecule has 2 aliphatic heterocycles. The highest BCUT2D eigenvalue weighted by atomic mass is 32.2. The third-order valence-corrected chi connectivity index (χ3v) is 6.18. The summed E-state index contributed by atoms with van der Waals surface area (Å²) in [5.41, 5.74) is 10.1. The van der Waals surface area contributed by atoms with Gasteiger partial charge in [0.2, 0.25) is 0 Å². The predicted octanol–water partition coefficient (Wildman–Crippen LogP) is 3.05. The van der Waals surface area contributed by atoms with Crippen LogP contribution >= 0.6 is 11.8 Å². The van der Waals surface area contributed by atoms with Gasteiger partial charge in [-0.2, -0.15) is 0 Å². The molecule has 4 nitrogen and oxygen atoms in total. The Labute approximate surface area is 152 Å². The van der Waals surface area contributed by atoms with Gasteiger partial charge < -0.3 is 16.4 Å². The number of anilines is 1. The number of rotatable bonds is 4. The van der Waals surface area contributed by atoms with Crippen LogP contribution in [0.4, 0.5) is 5.69 Å². The van der Waals surface area contributed by atoms with Gasteiger partial charge in [-0.3, -0.25) is 4.79 Å². The van der Waals surface area contributed by atoms with Crippen LogP contribution in [0.1, 0.15) is 34.3 Å². The Hall–Kier alpha value is -1.82. The zero-order valence-electron chi connectivity index (χ0n) is 14.2. The molecule has 130 valence electrons. The van der Waals surface area contributed by atoms with Crippen LogP contribution in [0, 0.1) is 0 Å². The highest BCUT2D eigenvalue weighted by Gasteiger charge is 2.23. The Balaban J connectivity index is 1.72. The lowest BCUT2D eigenvalue weighted by molar-refractivity contribution is 0.100. The van der Waals surface area contributed by atoms with Crippen LogP contribution in [-0.2, 0) is 6.42 Å². The van der Waals surface area contributed by atoms with Gasteiger partial charge in [0.05, 0.1) is 6.54 Å². The Morgan fingerprint density at radius 3 is 2.80 bits per heavy atom. The van der Waals surface area contributed by atoms with E-state index in [1.807, 2.05) is 12.1 Å². The Bertz CT molecular complexity index is 800. The van der Waals surface area contributed by atoms with Crippen LogP contribution < -0.4 is 16.4 Å². The number of hydrogen-bond acceptors (Lipinski definition) is 5. The molecule has 0 radical (unpaired) electrons. The van der Waals surface area contributed by atoms with E-state index >= 15 is 0 Å². The van der Waals surface area contributed by atoms with E-state index in [-0.39, 0.29) is 12.3 Å². The average Bonchev–Trinajstić information content (AvgIpc) is 2.66. The van der Waals surface area contributed by atoms with E-state index in [4.69, 9.17) is 5.73 Å². The van der Waals surface area contributed by atoms with Gasteiger partial charge in [-0.05, 0) is 55.3 Å². The Kier molecular flexibility index (Phi) is 4.79. The minimum atomic E-state index is -0.00406. The summed E-state index contributed by atoms with van der Waals surface area (Å²) in [6.45, 7) is 2.13. The number of carbonyl (C=O) groups excluding carboxylic acids is 1. The molecule has 0 aliphatic carbocycles. The first-order chi connectivity index (χ1) is 12.2. The summed E-state index contributed by atoms with van der Waals surface area (Å²) in [5.74, 6) is -0.00406. The molecule has 4 N–H and O–H groups in total. The lowest BCUT2D eigenvalue weighted by Gasteiger charge is -2.28. The average molecular weight is 353 g/mol. The number of hydrogen-bond donors (Lipinski definition) is 3. The second kappa shape index (κ2) is 7.20. The van der Waals surface area contributed by atoms with Crippen molar-refractivity contribution in [1.29, 1.82) is 0 Å². The van der Waals surface area contributed by atoms with E-state index in [0.29, 0.717) is 11.6 Å². The number of piperidine rings is 1. The lowest BCUT2D eigenvalue weighted by atomic mass is 9.97. The molecule has 0 spiro atoms. The molecule has 0 saturated carbocycles. The van der Waals surface area contributed by atoms with Gasteiger partial charge in [0.25, 0.3) is 0 Å². The maximum Gasteiger partial charge on any atom is 0.176 e. The van der Waals surface area contributed by atoms with Gasteiger partial charge in [-0.25, -0.2) is 0 Å². The van der Waals surface area contributed by atoms with Crippen molar-refractivity contribution in [3.8, 4) is 0 Å². The molecule has 1 saturated heterocycles. The minimum Gasteiger partial charge on any atom is -0.382 e. The number of benzene rings is 2. The monoisotopic (exact) mass is 353 g/mol. The SMILES string of the molecule is NCC(=O)c1cc(NC2CCNCC2)c2c(c1)Sc1ccccc1C2. The van der Waals surface area contributed by atoms with Gasteiger partial charge in [-0.1, -0.05) is 30.0 Å². The summed E-state index contributed by atoms with van der Waals surface area (Å²) in [4.78, 5) is 14.7. The molecule has 2 aromatic rings. The van der Waals surface area contributed by atoms with Gasteiger partial charge >= 0.3 is 0 Å². The van der Waals surface area contributed by atoms with E-state index in [1.165, 1.54) is 20.9 Å². The topological polar surface area (TPSA) is 67.2 Å². The van der Waals surface area contributed by atoms with E-state index in [9.17, 15) is 4.79 Å². The summed E-state index contributed by atoms with van der Waals surface area (Å²) < 4.78 is 0. The molecule has 2 heterocycles. The number of carbonyl (C=O) groups is 1. The number of fused-ring (bicyclic) bond motifs is 2.